The van der Waals surface area contributed by atoms with Gasteiger partial charge < -0.3 is 11.1 Å². The van der Waals surface area contributed by atoms with Gasteiger partial charge in [0.2, 0.25) is 0 Å². The highest BCUT2D eigenvalue weighted by Crippen LogP contribution is 2.29. The van der Waals surface area contributed by atoms with Crippen LogP contribution in [0, 0.1) is 0 Å². The number of hydrogen-bond donors (Lipinski definition) is 2. The van der Waals surface area contributed by atoms with Crippen LogP contribution in [-0.2, 0) is 0 Å². The van der Waals surface area contributed by atoms with Crippen LogP contribution in [0.1, 0.15) is 6.42 Å². The average molecular weight is 270 g/mol. The summed E-state index contributed by atoms with van der Waals surface area (Å²) in [4.78, 5) is 13.3. The van der Waals surface area contributed by atoms with E-state index in [1.54, 1.807) is 17.0 Å². The van der Waals surface area contributed by atoms with E-state index in [9.17, 15) is 4.79 Å². The van der Waals surface area contributed by atoms with E-state index in [1.165, 1.54) is 0 Å². The molecule has 0 bridgehead atoms. The molecule has 0 radical (unpaired) electrons. The molecule has 0 aromatic heterocycles. The fourth-order valence-corrected chi connectivity index (χ4v) is 2.06. The minimum absolute atomic E-state index is 0.0625. The van der Waals surface area contributed by atoms with E-state index >= 15 is 0 Å². The predicted molar refractivity (Wildman–Crippen MR) is 63.9 cm³/mol. The molecule has 5 heteroatoms. The SMILES string of the molecule is Nc1ccc(Br)c(N2CCCNC2=O)c1. The molecule has 15 heavy (non-hydrogen) atoms. The first-order valence-corrected chi connectivity index (χ1v) is 5.58. The van der Waals surface area contributed by atoms with Crippen LogP contribution in [0.25, 0.3) is 0 Å². The zero-order valence-corrected chi connectivity index (χ0v) is 9.75. The maximum absolute atomic E-state index is 11.6. The summed E-state index contributed by atoms with van der Waals surface area (Å²) in [5, 5.41) is 2.80. The van der Waals surface area contributed by atoms with Crippen molar-refractivity contribution in [2.45, 2.75) is 6.42 Å². The van der Waals surface area contributed by atoms with Crippen molar-refractivity contribution in [3.63, 3.8) is 0 Å². The summed E-state index contributed by atoms with van der Waals surface area (Å²) in [5.74, 6) is 0. The fourth-order valence-electron chi connectivity index (χ4n) is 1.60. The lowest BCUT2D eigenvalue weighted by atomic mass is 10.2. The van der Waals surface area contributed by atoms with Crippen LogP contribution in [-0.4, -0.2) is 19.1 Å². The van der Waals surface area contributed by atoms with Gasteiger partial charge in [-0.3, -0.25) is 4.90 Å². The Morgan fingerprint density at radius 1 is 1.47 bits per heavy atom. The van der Waals surface area contributed by atoms with Crippen LogP contribution in [0.2, 0.25) is 0 Å². The van der Waals surface area contributed by atoms with Crippen molar-refractivity contribution in [2.75, 3.05) is 23.7 Å². The van der Waals surface area contributed by atoms with Crippen LogP contribution in [0.4, 0.5) is 16.2 Å². The van der Waals surface area contributed by atoms with E-state index in [2.05, 4.69) is 21.2 Å². The third-order valence-electron chi connectivity index (χ3n) is 2.34. The summed E-state index contributed by atoms with van der Waals surface area (Å²) in [6, 6.07) is 5.39. The molecule has 80 valence electrons. The molecule has 1 heterocycles. The normalized spacial score (nSPS) is 16.3. The minimum Gasteiger partial charge on any atom is -0.399 e. The van der Waals surface area contributed by atoms with Gasteiger partial charge in [0.25, 0.3) is 0 Å². The van der Waals surface area contributed by atoms with Gasteiger partial charge in [-0.2, -0.15) is 0 Å². The van der Waals surface area contributed by atoms with Gasteiger partial charge in [0.05, 0.1) is 5.69 Å². The summed E-state index contributed by atoms with van der Waals surface area (Å²) in [5.41, 5.74) is 7.19. The van der Waals surface area contributed by atoms with Crippen molar-refractivity contribution >= 4 is 33.3 Å². The van der Waals surface area contributed by atoms with Crippen molar-refractivity contribution in [2.24, 2.45) is 0 Å². The first-order valence-electron chi connectivity index (χ1n) is 4.79. The van der Waals surface area contributed by atoms with Crippen LogP contribution >= 0.6 is 15.9 Å². The number of urea groups is 1. The van der Waals surface area contributed by atoms with E-state index in [0.717, 1.165) is 29.7 Å². The van der Waals surface area contributed by atoms with E-state index in [0.29, 0.717) is 5.69 Å². The van der Waals surface area contributed by atoms with E-state index in [1.807, 2.05) is 6.07 Å². The summed E-state index contributed by atoms with van der Waals surface area (Å²) >= 11 is 3.42. The zero-order valence-electron chi connectivity index (χ0n) is 8.16. The Morgan fingerprint density at radius 2 is 2.27 bits per heavy atom. The standard InChI is InChI=1S/C10H12BrN3O/c11-8-3-2-7(12)6-9(8)14-5-1-4-13-10(14)15/h2-3,6H,1,4-5,12H2,(H,13,15). The highest BCUT2D eigenvalue weighted by atomic mass is 79.9. The van der Waals surface area contributed by atoms with Gasteiger partial charge in [0.15, 0.2) is 0 Å². The third kappa shape index (κ3) is 2.07. The van der Waals surface area contributed by atoms with Gasteiger partial charge in [-0.25, -0.2) is 4.79 Å². The van der Waals surface area contributed by atoms with E-state index < -0.39 is 0 Å². The molecule has 1 fully saturated rings. The molecule has 3 N–H and O–H groups in total. The first kappa shape index (κ1) is 10.3. The van der Waals surface area contributed by atoms with Gasteiger partial charge in [-0.15, -0.1) is 0 Å². The van der Waals surface area contributed by atoms with Crippen molar-refractivity contribution in [3.8, 4) is 0 Å². The second-order valence-electron chi connectivity index (χ2n) is 3.45. The maximum atomic E-state index is 11.6. The summed E-state index contributed by atoms with van der Waals surface area (Å²) < 4.78 is 0.883. The molecule has 2 amide bonds. The molecule has 1 aromatic carbocycles. The van der Waals surface area contributed by atoms with Gasteiger partial charge in [0, 0.05) is 23.2 Å². The minimum atomic E-state index is -0.0625. The quantitative estimate of drug-likeness (QED) is 0.766. The molecule has 0 saturated carbocycles. The number of benzene rings is 1. The van der Waals surface area contributed by atoms with Crippen LogP contribution < -0.4 is 16.0 Å². The second-order valence-corrected chi connectivity index (χ2v) is 4.30. The number of anilines is 2. The van der Waals surface area contributed by atoms with Gasteiger partial charge in [-0.05, 0) is 40.5 Å². The third-order valence-corrected chi connectivity index (χ3v) is 3.01. The summed E-state index contributed by atoms with van der Waals surface area (Å²) in [7, 11) is 0. The molecule has 0 unspecified atom stereocenters. The average Bonchev–Trinajstić information content (AvgIpc) is 2.23. The number of carbonyl (C=O) groups excluding carboxylic acids is 1. The lowest BCUT2D eigenvalue weighted by Gasteiger charge is -2.28. The van der Waals surface area contributed by atoms with Crippen molar-refractivity contribution in [1.29, 1.82) is 0 Å². The van der Waals surface area contributed by atoms with Crippen LogP contribution in [0.15, 0.2) is 22.7 Å². The smallest absolute Gasteiger partial charge is 0.321 e. The Kier molecular flexibility index (Phi) is 2.81. The highest BCUT2D eigenvalue weighted by molar-refractivity contribution is 9.10. The Labute approximate surface area is 96.6 Å². The fraction of sp³-hybridized carbons (Fsp3) is 0.300. The van der Waals surface area contributed by atoms with Crippen molar-refractivity contribution in [1.82, 2.24) is 5.32 Å². The number of nitrogens with two attached hydrogens (primary N) is 1. The monoisotopic (exact) mass is 269 g/mol. The maximum Gasteiger partial charge on any atom is 0.321 e. The summed E-state index contributed by atoms with van der Waals surface area (Å²) in [6.45, 7) is 1.48. The Bertz CT molecular complexity index is 394. The van der Waals surface area contributed by atoms with Gasteiger partial charge >= 0.3 is 6.03 Å². The Hall–Kier alpha value is -1.23. The lowest BCUT2D eigenvalue weighted by molar-refractivity contribution is 0.243. The zero-order chi connectivity index (χ0) is 10.8. The molecule has 1 aliphatic rings. The van der Waals surface area contributed by atoms with Crippen LogP contribution in [0.5, 0.6) is 0 Å². The Balaban J connectivity index is 2.34. The number of halogens is 1. The number of carbonyl (C=O) groups is 1. The van der Waals surface area contributed by atoms with Crippen LogP contribution in [0.3, 0.4) is 0 Å². The molecule has 1 aromatic rings. The molecule has 0 aliphatic carbocycles. The van der Waals surface area contributed by atoms with Gasteiger partial charge in [0.1, 0.15) is 0 Å². The molecule has 4 nitrogen and oxygen atoms in total. The van der Waals surface area contributed by atoms with E-state index in [-0.39, 0.29) is 6.03 Å². The molecular weight excluding hydrogens is 258 g/mol. The number of hydrogen-bond acceptors (Lipinski definition) is 2. The summed E-state index contributed by atoms with van der Waals surface area (Å²) in [6.07, 6.45) is 0.951. The van der Waals surface area contributed by atoms with Crippen molar-refractivity contribution < 1.29 is 4.79 Å². The second kappa shape index (κ2) is 4.10. The molecule has 0 atom stereocenters. The predicted octanol–water partition coefficient (Wildman–Crippen LogP) is 1.95. The van der Waals surface area contributed by atoms with Gasteiger partial charge in [-0.1, -0.05) is 0 Å². The number of nitrogens with one attached hydrogen (secondary N) is 1. The van der Waals surface area contributed by atoms with Crippen molar-refractivity contribution in [3.05, 3.63) is 22.7 Å². The first-order chi connectivity index (χ1) is 7.18. The number of rotatable bonds is 1. The largest absolute Gasteiger partial charge is 0.399 e. The molecule has 1 aliphatic heterocycles. The molecule has 2 rings (SSSR count). The van der Waals surface area contributed by atoms with E-state index in [4.69, 9.17) is 5.73 Å². The molecular formula is C10H12BrN3O. The molecule has 1 saturated heterocycles. The highest BCUT2D eigenvalue weighted by Gasteiger charge is 2.20. The molecule has 0 spiro atoms. The number of nitrogen functional groups attached to an aromatic ring is 1. The topological polar surface area (TPSA) is 58.4 Å². The lowest BCUT2D eigenvalue weighted by Crippen LogP contribution is -2.46. The number of amides is 2. The number of nitrogens with zero attached hydrogens (tertiary/aromatic N) is 1. The Morgan fingerprint density at radius 3 is 3.00 bits per heavy atom.